The van der Waals surface area contributed by atoms with E-state index in [1.165, 1.54) is 0 Å². The number of carbonyl (C=O) groups is 1. The van der Waals surface area contributed by atoms with Gasteiger partial charge in [0.15, 0.2) is 11.5 Å². The first-order chi connectivity index (χ1) is 11.2. The predicted molar refractivity (Wildman–Crippen MR) is 89.2 cm³/mol. The number of nitrogens with one attached hydrogen (secondary N) is 2. The fourth-order valence-corrected chi connectivity index (χ4v) is 2.76. The number of para-hydroxylation sites is 1. The number of benzene rings is 2. The number of hydrogen-bond donors (Lipinski definition) is 2. The molecule has 1 unspecified atom stereocenters. The summed E-state index contributed by atoms with van der Waals surface area (Å²) in [6, 6.07) is 13.0. The number of carbonyl (C=O) groups excluding carboxylic acids is 1. The first-order valence-electron chi connectivity index (χ1n) is 7.61. The van der Waals surface area contributed by atoms with E-state index in [2.05, 4.69) is 10.6 Å². The summed E-state index contributed by atoms with van der Waals surface area (Å²) in [6.45, 7) is 2.54. The van der Waals surface area contributed by atoms with Gasteiger partial charge in [0.1, 0.15) is 0 Å². The van der Waals surface area contributed by atoms with Gasteiger partial charge in [0.25, 0.3) is 0 Å². The lowest BCUT2D eigenvalue weighted by molar-refractivity contribution is 0.226. The molecule has 0 aliphatic carbocycles. The van der Waals surface area contributed by atoms with Gasteiger partial charge < -0.3 is 20.1 Å². The minimum Gasteiger partial charge on any atom is -0.493 e. The minimum absolute atomic E-state index is 0.101. The van der Waals surface area contributed by atoms with Gasteiger partial charge in [-0.15, -0.1) is 0 Å². The van der Waals surface area contributed by atoms with Crippen LogP contribution in [0, 0.1) is 6.92 Å². The zero-order valence-corrected chi connectivity index (χ0v) is 13.3. The highest BCUT2D eigenvalue weighted by atomic mass is 16.5. The number of ether oxygens (including phenoxy) is 2. The van der Waals surface area contributed by atoms with Gasteiger partial charge in [0.2, 0.25) is 0 Å². The second-order valence-electron chi connectivity index (χ2n) is 5.54. The maximum absolute atomic E-state index is 12.2. The van der Waals surface area contributed by atoms with E-state index >= 15 is 0 Å². The minimum atomic E-state index is -0.227. The van der Waals surface area contributed by atoms with E-state index in [0.29, 0.717) is 12.4 Å². The Morgan fingerprint density at radius 3 is 2.78 bits per heavy atom. The average molecular weight is 312 g/mol. The Balaban J connectivity index is 1.78. The summed E-state index contributed by atoms with van der Waals surface area (Å²) in [4.78, 5) is 12.2. The van der Waals surface area contributed by atoms with Gasteiger partial charge in [0, 0.05) is 17.7 Å². The van der Waals surface area contributed by atoms with Gasteiger partial charge in [-0.05, 0) is 30.7 Å². The number of amides is 2. The molecule has 2 amide bonds. The molecule has 1 aliphatic heterocycles. The highest BCUT2D eigenvalue weighted by Gasteiger charge is 2.26. The summed E-state index contributed by atoms with van der Waals surface area (Å²) in [5, 5.41) is 5.86. The third-order valence-electron chi connectivity index (χ3n) is 3.81. The van der Waals surface area contributed by atoms with Crippen molar-refractivity contribution in [3.8, 4) is 11.5 Å². The Morgan fingerprint density at radius 1 is 1.26 bits per heavy atom. The Hall–Kier alpha value is -2.69. The molecule has 0 radical (unpaired) electrons. The Bertz CT molecular complexity index is 701. The standard InChI is InChI=1S/C18H20N2O3/c1-12-10-14-15(8-9-23-17(14)16(11-12)22-2)20-18(21)19-13-6-4-3-5-7-13/h3-7,10-11,15H,8-9H2,1-2H3,(H2,19,20,21). The van der Waals surface area contributed by atoms with Crippen molar-refractivity contribution in [3.63, 3.8) is 0 Å². The summed E-state index contributed by atoms with van der Waals surface area (Å²) in [5.74, 6) is 1.42. The average Bonchev–Trinajstić information content (AvgIpc) is 2.55. The molecule has 0 fully saturated rings. The van der Waals surface area contributed by atoms with Crippen molar-refractivity contribution in [2.45, 2.75) is 19.4 Å². The second kappa shape index (κ2) is 6.60. The lowest BCUT2D eigenvalue weighted by atomic mass is 9.98. The largest absolute Gasteiger partial charge is 0.493 e. The number of aryl methyl sites for hydroxylation is 1. The van der Waals surface area contributed by atoms with Gasteiger partial charge in [-0.2, -0.15) is 0 Å². The maximum Gasteiger partial charge on any atom is 0.319 e. The molecule has 1 aliphatic rings. The quantitative estimate of drug-likeness (QED) is 0.909. The number of fused-ring (bicyclic) bond motifs is 1. The number of urea groups is 1. The number of anilines is 1. The summed E-state index contributed by atoms with van der Waals surface area (Å²) in [7, 11) is 1.62. The lowest BCUT2D eigenvalue weighted by Crippen LogP contribution is -2.35. The van der Waals surface area contributed by atoms with Crippen molar-refractivity contribution in [1.29, 1.82) is 0 Å². The molecule has 2 N–H and O–H groups in total. The van der Waals surface area contributed by atoms with Gasteiger partial charge in [-0.25, -0.2) is 4.79 Å². The van der Waals surface area contributed by atoms with Crippen LogP contribution >= 0.6 is 0 Å². The van der Waals surface area contributed by atoms with Gasteiger partial charge >= 0.3 is 6.03 Å². The van der Waals surface area contributed by atoms with Crippen LogP contribution in [0.5, 0.6) is 11.5 Å². The predicted octanol–water partition coefficient (Wildman–Crippen LogP) is 3.65. The molecule has 2 aromatic rings. The highest BCUT2D eigenvalue weighted by Crippen LogP contribution is 2.40. The number of rotatable bonds is 3. The lowest BCUT2D eigenvalue weighted by Gasteiger charge is -2.28. The van der Waals surface area contributed by atoms with Crippen molar-refractivity contribution < 1.29 is 14.3 Å². The maximum atomic E-state index is 12.2. The van der Waals surface area contributed by atoms with Crippen LogP contribution in [0.2, 0.25) is 0 Å². The molecule has 3 rings (SSSR count). The van der Waals surface area contributed by atoms with E-state index in [4.69, 9.17) is 9.47 Å². The van der Waals surface area contributed by atoms with Crippen LogP contribution in [-0.2, 0) is 0 Å². The van der Waals surface area contributed by atoms with Crippen LogP contribution in [0.3, 0.4) is 0 Å². The van der Waals surface area contributed by atoms with Crippen molar-refractivity contribution in [2.24, 2.45) is 0 Å². The molecule has 1 atom stereocenters. The number of hydrogen-bond acceptors (Lipinski definition) is 3. The fourth-order valence-electron chi connectivity index (χ4n) is 2.76. The normalized spacial score (nSPS) is 16.0. The Labute approximate surface area is 135 Å². The smallest absolute Gasteiger partial charge is 0.319 e. The van der Waals surface area contributed by atoms with E-state index in [1.54, 1.807) is 7.11 Å². The van der Waals surface area contributed by atoms with Gasteiger partial charge in [-0.3, -0.25) is 0 Å². The van der Waals surface area contributed by atoms with Crippen LogP contribution in [0.1, 0.15) is 23.6 Å². The third kappa shape index (κ3) is 3.39. The highest BCUT2D eigenvalue weighted by molar-refractivity contribution is 5.89. The van der Waals surface area contributed by atoms with E-state index in [-0.39, 0.29) is 12.1 Å². The summed E-state index contributed by atoms with van der Waals surface area (Å²) >= 11 is 0. The Morgan fingerprint density at radius 2 is 2.04 bits per heavy atom. The first-order valence-corrected chi connectivity index (χ1v) is 7.61. The monoisotopic (exact) mass is 312 g/mol. The topological polar surface area (TPSA) is 59.6 Å². The van der Waals surface area contributed by atoms with Crippen molar-refractivity contribution >= 4 is 11.7 Å². The van der Waals surface area contributed by atoms with Gasteiger partial charge in [-0.1, -0.05) is 24.3 Å². The van der Waals surface area contributed by atoms with Crippen LogP contribution < -0.4 is 20.1 Å². The van der Waals surface area contributed by atoms with Crippen LogP contribution in [0.15, 0.2) is 42.5 Å². The molecule has 0 spiro atoms. The van der Waals surface area contributed by atoms with Crippen molar-refractivity contribution in [1.82, 2.24) is 5.32 Å². The SMILES string of the molecule is COc1cc(C)cc2c1OCCC2NC(=O)Nc1ccccc1. The first kappa shape index (κ1) is 15.2. The van der Waals surface area contributed by atoms with Crippen LogP contribution in [0.4, 0.5) is 10.5 Å². The number of methoxy groups -OCH3 is 1. The van der Waals surface area contributed by atoms with E-state index in [1.807, 2.05) is 49.4 Å². The zero-order chi connectivity index (χ0) is 16.2. The van der Waals surface area contributed by atoms with Crippen LogP contribution in [-0.4, -0.2) is 19.7 Å². The molecule has 0 saturated heterocycles. The van der Waals surface area contributed by atoms with E-state index in [0.717, 1.165) is 29.0 Å². The molecule has 120 valence electrons. The summed E-state index contributed by atoms with van der Waals surface area (Å²) in [6.07, 6.45) is 0.724. The van der Waals surface area contributed by atoms with Crippen molar-refractivity contribution in [2.75, 3.05) is 19.0 Å². The zero-order valence-electron chi connectivity index (χ0n) is 13.3. The molecule has 5 nitrogen and oxygen atoms in total. The molecule has 5 heteroatoms. The second-order valence-corrected chi connectivity index (χ2v) is 5.54. The Kier molecular flexibility index (Phi) is 4.37. The summed E-state index contributed by atoms with van der Waals surface area (Å²) < 4.78 is 11.1. The molecule has 2 aromatic carbocycles. The molecule has 0 bridgehead atoms. The van der Waals surface area contributed by atoms with Gasteiger partial charge in [0.05, 0.1) is 19.8 Å². The van der Waals surface area contributed by atoms with Crippen LogP contribution in [0.25, 0.3) is 0 Å². The van der Waals surface area contributed by atoms with E-state index in [9.17, 15) is 4.79 Å². The molecular weight excluding hydrogens is 292 g/mol. The molecule has 23 heavy (non-hydrogen) atoms. The van der Waals surface area contributed by atoms with Crippen molar-refractivity contribution in [3.05, 3.63) is 53.6 Å². The summed E-state index contributed by atoms with van der Waals surface area (Å²) in [5.41, 5.74) is 2.79. The molecule has 0 aromatic heterocycles. The molecule has 1 heterocycles. The third-order valence-corrected chi connectivity index (χ3v) is 3.81. The van der Waals surface area contributed by atoms with E-state index < -0.39 is 0 Å². The molecule has 0 saturated carbocycles. The molecular formula is C18H20N2O3. The fraction of sp³-hybridized carbons (Fsp3) is 0.278.